The van der Waals surface area contributed by atoms with Crippen LogP contribution in [0.5, 0.6) is 11.5 Å². The molecule has 1 aliphatic rings. The monoisotopic (exact) mass is 359 g/mol. The molecule has 0 atom stereocenters. The molecule has 0 radical (unpaired) electrons. The molecule has 0 saturated carbocycles. The maximum Gasteiger partial charge on any atom is 0.266 e. The number of amides is 2. The number of nitrogens with zero attached hydrogens (tertiary/aromatic N) is 1. The quantitative estimate of drug-likeness (QED) is 0.494. The summed E-state index contributed by atoms with van der Waals surface area (Å²) in [7, 11) is 0. The number of rotatable bonds is 6. The fraction of sp³-hybridized carbons (Fsp3) is 0.0909. The average molecular weight is 359 g/mol. The van der Waals surface area contributed by atoms with Crippen LogP contribution in [0.25, 0.3) is 0 Å². The fourth-order valence-corrected chi connectivity index (χ4v) is 3.00. The fourth-order valence-electron chi connectivity index (χ4n) is 3.00. The molecule has 0 saturated heterocycles. The third kappa shape index (κ3) is 3.27. The van der Waals surface area contributed by atoms with E-state index < -0.39 is 0 Å². The molecule has 3 aromatic carbocycles. The van der Waals surface area contributed by atoms with Crippen LogP contribution in [0.2, 0.25) is 0 Å². The van der Waals surface area contributed by atoms with Crippen LogP contribution in [-0.4, -0.2) is 25.0 Å². The third-order valence-electron chi connectivity index (χ3n) is 4.25. The number of carbonyl (C=O) groups excluding carboxylic acids is 2. The van der Waals surface area contributed by atoms with Crippen molar-refractivity contribution in [1.29, 1.82) is 0 Å². The van der Waals surface area contributed by atoms with Crippen LogP contribution in [0.3, 0.4) is 0 Å². The number of imide groups is 1. The molecule has 0 aliphatic carbocycles. The molecular weight excluding hydrogens is 342 g/mol. The first kappa shape index (κ1) is 16.8. The Bertz CT molecular complexity index is 949. The summed E-state index contributed by atoms with van der Waals surface area (Å²) in [4.78, 5) is 26.6. The third-order valence-corrected chi connectivity index (χ3v) is 4.25. The smallest absolute Gasteiger partial charge is 0.266 e. The topological polar surface area (TPSA) is 55.8 Å². The summed E-state index contributed by atoms with van der Waals surface area (Å²) in [6.07, 6.45) is 0. The van der Waals surface area contributed by atoms with E-state index in [1.54, 1.807) is 48.5 Å². The van der Waals surface area contributed by atoms with Gasteiger partial charge in [0.05, 0.1) is 16.8 Å². The van der Waals surface area contributed by atoms with Gasteiger partial charge >= 0.3 is 0 Å². The molecule has 0 fully saturated rings. The minimum atomic E-state index is -0.341. The molecule has 1 heterocycles. The highest BCUT2D eigenvalue weighted by Crippen LogP contribution is 2.34. The van der Waals surface area contributed by atoms with E-state index in [-0.39, 0.29) is 18.4 Å². The Morgan fingerprint density at radius 3 is 1.89 bits per heavy atom. The van der Waals surface area contributed by atoms with Crippen LogP contribution in [0, 0.1) is 0 Å². The Kier molecular flexibility index (Phi) is 4.58. The molecule has 4 rings (SSSR count). The summed E-state index contributed by atoms with van der Waals surface area (Å²) >= 11 is 0. The summed E-state index contributed by atoms with van der Waals surface area (Å²) in [5.74, 6) is 0.540. The van der Waals surface area contributed by atoms with E-state index in [1.807, 2.05) is 30.3 Å². The summed E-state index contributed by atoms with van der Waals surface area (Å²) < 4.78 is 11.4. The number of carbonyl (C=O) groups is 2. The highest BCUT2D eigenvalue weighted by molar-refractivity contribution is 6.34. The number of hydrogen-bond acceptors (Lipinski definition) is 4. The molecule has 27 heavy (non-hydrogen) atoms. The molecule has 1 aliphatic heterocycles. The molecule has 5 nitrogen and oxygen atoms in total. The van der Waals surface area contributed by atoms with E-state index in [4.69, 9.17) is 9.47 Å². The maximum absolute atomic E-state index is 12.7. The second-order valence-electron chi connectivity index (χ2n) is 5.97. The summed E-state index contributed by atoms with van der Waals surface area (Å²) in [5.41, 5.74) is 1.25. The largest absolute Gasteiger partial charge is 0.490 e. The van der Waals surface area contributed by atoms with Crippen molar-refractivity contribution in [2.45, 2.75) is 0 Å². The first-order chi connectivity index (χ1) is 13.3. The van der Waals surface area contributed by atoms with Crippen molar-refractivity contribution < 1.29 is 19.1 Å². The van der Waals surface area contributed by atoms with Gasteiger partial charge in [0.15, 0.2) is 0 Å². The van der Waals surface area contributed by atoms with E-state index in [0.29, 0.717) is 29.2 Å². The minimum Gasteiger partial charge on any atom is -0.490 e. The van der Waals surface area contributed by atoms with Gasteiger partial charge in [-0.05, 0) is 36.4 Å². The lowest BCUT2D eigenvalue weighted by Gasteiger charge is -2.18. The Labute approximate surface area is 156 Å². The number of hydrogen-bond donors (Lipinski definition) is 0. The van der Waals surface area contributed by atoms with Gasteiger partial charge in [-0.1, -0.05) is 42.5 Å². The van der Waals surface area contributed by atoms with Gasteiger partial charge < -0.3 is 9.47 Å². The SMILES string of the molecule is O=C1c2ccccc2C(=O)N1c1ccccc1OCCOc1ccccc1. The Morgan fingerprint density at radius 1 is 0.630 bits per heavy atom. The lowest BCUT2D eigenvalue weighted by molar-refractivity contribution is 0.0924. The predicted octanol–water partition coefficient (Wildman–Crippen LogP) is 3.95. The van der Waals surface area contributed by atoms with Crippen molar-refractivity contribution in [2.24, 2.45) is 0 Å². The molecule has 0 bridgehead atoms. The molecule has 3 aromatic rings. The Morgan fingerprint density at radius 2 is 1.19 bits per heavy atom. The highest BCUT2D eigenvalue weighted by Gasteiger charge is 2.37. The first-order valence-electron chi connectivity index (χ1n) is 8.63. The number of benzene rings is 3. The van der Waals surface area contributed by atoms with Gasteiger partial charge in [0.25, 0.3) is 11.8 Å². The van der Waals surface area contributed by atoms with Crippen LogP contribution in [0.15, 0.2) is 78.9 Å². The number of para-hydroxylation sites is 3. The van der Waals surface area contributed by atoms with Crippen LogP contribution in [-0.2, 0) is 0 Å². The van der Waals surface area contributed by atoms with E-state index in [2.05, 4.69) is 0 Å². The number of ether oxygens (including phenoxy) is 2. The van der Waals surface area contributed by atoms with Crippen molar-refractivity contribution >= 4 is 17.5 Å². The van der Waals surface area contributed by atoms with Gasteiger partial charge in [-0.3, -0.25) is 9.59 Å². The van der Waals surface area contributed by atoms with Crippen molar-refractivity contribution in [2.75, 3.05) is 18.1 Å². The van der Waals surface area contributed by atoms with E-state index in [9.17, 15) is 9.59 Å². The molecule has 0 spiro atoms. The Balaban J connectivity index is 1.49. The number of fused-ring (bicyclic) bond motifs is 1. The molecule has 0 N–H and O–H groups in total. The van der Waals surface area contributed by atoms with Gasteiger partial charge in [0, 0.05) is 0 Å². The Hall–Kier alpha value is -3.60. The van der Waals surface area contributed by atoms with Crippen molar-refractivity contribution in [3.05, 3.63) is 90.0 Å². The molecule has 0 unspecified atom stereocenters. The van der Waals surface area contributed by atoms with Crippen LogP contribution in [0.1, 0.15) is 20.7 Å². The lowest BCUT2D eigenvalue weighted by Crippen LogP contribution is -2.30. The second kappa shape index (κ2) is 7.33. The van der Waals surface area contributed by atoms with Gasteiger partial charge in [-0.15, -0.1) is 0 Å². The second-order valence-corrected chi connectivity index (χ2v) is 5.97. The molecule has 134 valence electrons. The van der Waals surface area contributed by atoms with Gasteiger partial charge in [0.1, 0.15) is 24.7 Å². The summed E-state index contributed by atoms with van der Waals surface area (Å²) in [6.45, 7) is 0.634. The molecular formula is C22H17NO4. The van der Waals surface area contributed by atoms with Gasteiger partial charge in [-0.25, -0.2) is 4.90 Å². The van der Waals surface area contributed by atoms with Gasteiger partial charge in [-0.2, -0.15) is 0 Å². The van der Waals surface area contributed by atoms with Crippen molar-refractivity contribution in [1.82, 2.24) is 0 Å². The van der Waals surface area contributed by atoms with Crippen LogP contribution >= 0.6 is 0 Å². The van der Waals surface area contributed by atoms with E-state index in [0.717, 1.165) is 10.6 Å². The number of anilines is 1. The standard InChI is InChI=1S/C22H17NO4/c24-21-17-10-4-5-11-18(17)22(25)23(21)19-12-6-7-13-20(19)27-15-14-26-16-8-2-1-3-9-16/h1-13H,14-15H2. The molecule has 0 aromatic heterocycles. The molecule has 2 amide bonds. The zero-order valence-corrected chi connectivity index (χ0v) is 14.5. The minimum absolute atomic E-state index is 0.287. The normalized spacial score (nSPS) is 12.8. The average Bonchev–Trinajstić information content (AvgIpc) is 2.97. The zero-order valence-electron chi connectivity index (χ0n) is 14.5. The maximum atomic E-state index is 12.7. The summed E-state index contributed by atoms with van der Waals surface area (Å²) in [6, 6.07) is 23.3. The first-order valence-corrected chi connectivity index (χ1v) is 8.63. The zero-order chi connectivity index (χ0) is 18.6. The predicted molar refractivity (Wildman–Crippen MR) is 101 cm³/mol. The van der Waals surface area contributed by atoms with E-state index in [1.165, 1.54) is 0 Å². The molecule has 5 heteroatoms. The van der Waals surface area contributed by atoms with E-state index >= 15 is 0 Å². The van der Waals surface area contributed by atoms with Crippen LogP contribution < -0.4 is 14.4 Å². The van der Waals surface area contributed by atoms with Crippen LogP contribution in [0.4, 0.5) is 5.69 Å². The lowest BCUT2D eigenvalue weighted by atomic mass is 10.1. The van der Waals surface area contributed by atoms with Crippen molar-refractivity contribution in [3.8, 4) is 11.5 Å². The summed E-state index contributed by atoms with van der Waals surface area (Å²) in [5, 5.41) is 0. The highest BCUT2D eigenvalue weighted by atomic mass is 16.5. The van der Waals surface area contributed by atoms with Gasteiger partial charge in [0.2, 0.25) is 0 Å². The van der Waals surface area contributed by atoms with Crippen molar-refractivity contribution in [3.63, 3.8) is 0 Å².